The van der Waals surface area contributed by atoms with Crippen LogP contribution in [0.15, 0.2) is 40.4 Å². The van der Waals surface area contributed by atoms with Crippen LogP contribution in [-0.4, -0.2) is 25.8 Å². The van der Waals surface area contributed by atoms with Gasteiger partial charge in [0.1, 0.15) is 5.39 Å². The van der Waals surface area contributed by atoms with Gasteiger partial charge in [-0.25, -0.2) is 9.97 Å². The van der Waals surface area contributed by atoms with Crippen molar-refractivity contribution in [2.24, 2.45) is 0 Å². The molecule has 21 heavy (non-hydrogen) atoms. The van der Waals surface area contributed by atoms with Gasteiger partial charge in [-0.2, -0.15) is 4.98 Å². The molecule has 0 N–H and O–H groups in total. The lowest BCUT2D eigenvalue weighted by molar-refractivity contribution is 0.920. The van der Waals surface area contributed by atoms with Crippen LogP contribution in [0.3, 0.4) is 0 Å². The zero-order valence-corrected chi connectivity index (χ0v) is 12.9. The predicted octanol–water partition coefficient (Wildman–Crippen LogP) is 2.86. The molecule has 106 valence electrons. The summed E-state index contributed by atoms with van der Waals surface area (Å²) in [6.07, 6.45) is 3.35. The van der Waals surface area contributed by atoms with E-state index in [0.29, 0.717) is 21.9 Å². The average Bonchev–Trinajstić information content (AvgIpc) is 2.48. The molecule has 0 aliphatic heterocycles. The lowest BCUT2D eigenvalue weighted by Gasteiger charge is -2.11. The molecule has 0 aliphatic rings. The molecule has 0 radical (unpaired) electrons. The third-order valence-corrected chi connectivity index (χ3v) is 3.92. The van der Waals surface area contributed by atoms with Gasteiger partial charge < -0.3 is 0 Å². The van der Waals surface area contributed by atoms with Crippen molar-refractivity contribution < 1.29 is 0 Å². The van der Waals surface area contributed by atoms with Crippen LogP contribution in [0.25, 0.3) is 16.7 Å². The molecule has 1 aromatic carbocycles. The fraction of sp³-hybridized carbons (Fsp3) is 0.143. The van der Waals surface area contributed by atoms with Crippen LogP contribution in [0.4, 0.5) is 0 Å². The summed E-state index contributed by atoms with van der Waals surface area (Å²) in [7, 11) is 0. The van der Waals surface area contributed by atoms with Crippen molar-refractivity contribution in [3.63, 3.8) is 0 Å². The maximum atomic E-state index is 12.7. The van der Waals surface area contributed by atoms with Crippen LogP contribution in [-0.2, 0) is 0 Å². The summed E-state index contributed by atoms with van der Waals surface area (Å²) in [5.74, 6) is 0. The number of benzene rings is 1. The molecule has 0 bridgehead atoms. The SMILES string of the molecule is CSc1ncc2c(=O)n(-c3ccccc3C)c(Cl)nc2n1. The first kappa shape index (κ1) is 14.0. The second-order valence-corrected chi connectivity index (χ2v) is 5.51. The number of para-hydroxylation sites is 1. The minimum absolute atomic E-state index is 0.0903. The van der Waals surface area contributed by atoms with Crippen LogP contribution in [0.1, 0.15) is 5.56 Å². The topological polar surface area (TPSA) is 60.7 Å². The first-order valence-corrected chi connectivity index (χ1v) is 7.77. The van der Waals surface area contributed by atoms with Gasteiger partial charge in [0.2, 0.25) is 5.28 Å². The zero-order chi connectivity index (χ0) is 15.0. The summed E-state index contributed by atoms with van der Waals surface area (Å²) < 4.78 is 1.38. The molecule has 5 nitrogen and oxygen atoms in total. The number of hydrogen-bond donors (Lipinski definition) is 0. The number of nitrogens with zero attached hydrogens (tertiary/aromatic N) is 4. The largest absolute Gasteiger partial charge is 0.270 e. The lowest BCUT2D eigenvalue weighted by Crippen LogP contribution is -2.22. The van der Waals surface area contributed by atoms with E-state index in [1.54, 1.807) is 0 Å². The van der Waals surface area contributed by atoms with Crippen molar-refractivity contribution in [3.8, 4) is 5.69 Å². The number of fused-ring (bicyclic) bond motifs is 1. The van der Waals surface area contributed by atoms with Gasteiger partial charge in [-0.3, -0.25) is 9.36 Å². The molecular weight excluding hydrogens is 308 g/mol. The molecule has 3 rings (SSSR count). The highest BCUT2D eigenvalue weighted by Crippen LogP contribution is 2.19. The number of hydrogen-bond acceptors (Lipinski definition) is 5. The fourth-order valence-corrected chi connectivity index (χ4v) is 2.64. The van der Waals surface area contributed by atoms with Crippen molar-refractivity contribution in [2.45, 2.75) is 12.1 Å². The molecular formula is C14H11ClN4OS. The summed E-state index contributed by atoms with van der Waals surface area (Å²) in [6, 6.07) is 7.49. The highest BCUT2D eigenvalue weighted by molar-refractivity contribution is 7.98. The molecule has 0 fully saturated rings. The molecule has 0 atom stereocenters. The van der Waals surface area contributed by atoms with E-state index in [4.69, 9.17) is 11.6 Å². The monoisotopic (exact) mass is 318 g/mol. The molecule has 3 aromatic rings. The standard InChI is InChI=1S/C14H11ClN4OS/c1-8-5-3-4-6-10(8)19-12(20)9-7-16-14(21-2)18-11(9)17-13(19)15/h3-7H,1-2H3. The molecule has 0 spiro atoms. The highest BCUT2D eigenvalue weighted by Gasteiger charge is 2.14. The Morgan fingerprint density at radius 2 is 2.00 bits per heavy atom. The summed E-state index contributed by atoms with van der Waals surface area (Å²) in [5, 5.41) is 0.993. The molecule has 2 heterocycles. The summed E-state index contributed by atoms with van der Waals surface area (Å²) in [5.41, 5.74) is 1.68. The van der Waals surface area contributed by atoms with Gasteiger partial charge in [0.05, 0.1) is 5.69 Å². The van der Waals surface area contributed by atoms with Crippen molar-refractivity contribution in [3.05, 3.63) is 51.7 Å². The van der Waals surface area contributed by atoms with E-state index >= 15 is 0 Å². The van der Waals surface area contributed by atoms with Gasteiger partial charge in [-0.1, -0.05) is 30.0 Å². The summed E-state index contributed by atoms with van der Waals surface area (Å²) in [6.45, 7) is 1.91. The minimum Gasteiger partial charge on any atom is -0.268 e. The van der Waals surface area contributed by atoms with Crippen LogP contribution >= 0.6 is 23.4 Å². The third-order valence-electron chi connectivity index (χ3n) is 3.10. The number of aryl methyl sites for hydroxylation is 1. The maximum absolute atomic E-state index is 12.7. The van der Waals surface area contributed by atoms with Crippen LogP contribution < -0.4 is 5.56 Å². The minimum atomic E-state index is -0.271. The molecule has 2 aromatic heterocycles. The van der Waals surface area contributed by atoms with E-state index in [0.717, 1.165) is 5.56 Å². The van der Waals surface area contributed by atoms with Crippen LogP contribution in [0.5, 0.6) is 0 Å². The van der Waals surface area contributed by atoms with Gasteiger partial charge in [-0.15, -0.1) is 0 Å². The first-order valence-electron chi connectivity index (χ1n) is 6.17. The quantitative estimate of drug-likeness (QED) is 0.537. The number of rotatable bonds is 2. The van der Waals surface area contributed by atoms with Crippen LogP contribution in [0.2, 0.25) is 5.28 Å². The van der Waals surface area contributed by atoms with Crippen molar-refractivity contribution >= 4 is 34.4 Å². The smallest absolute Gasteiger partial charge is 0.268 e. The molecule has 0 saturated heterocycles. The van der Waals surface area contributed by atoms with E-state index in [1.165, 1.54) is 22.5 Å². The Balaban J connectivity index is 2.36. The second kappa shape index (κ2) is 5.46. The van der Waals surface area contributed by atoms with Gasteiger partial charge in [0, 0.05) is 6.20 Å². The molecule has 0 amide bonds. The van der Waals surface area contributed by atoms with Gasteiger partial charge >= 0.3 is 0 Å². The maximum Gasteiger partial charge on any atom is 0.270 e. The third kappa shape index (κ3) is 2.41. The molecule has 0 aliphatic carbocycles. The number of halogens is 1. The van der Waals surface area contributed by atoms with Gasteiger partial charge in [0.15, 0.2) is 10.8 Å². The Morgan fingerprint density at radius 1 is 1.24 bits per heavy atom. The van der Waals surface area contributed by atoms with E-state index in [1.807, 2.05) is 37.4 Å². The molecule has 0 unspecified atom stereocenters. The Kier molecular flexibility index (Phi) is 3.65. The second-order valence-electron chi connectivity index (χ2n) is 4.40. The Labute approximate surface area is 130 Å². The molecule has 7 heteroatoms. The summed E-state index contributed by atoms with van der Waals surface area (Å²) >= 11 is 7.58. The highest BCUT2D eigenvalue weighted by atomic mass is 35.5. The number of thioether (sulfide) groups is 1. The van der Waals surface area contributed by atoms with E-state index < -0.39 is 0 Å². The number of aromatic nitrogens is 4. The van der Waals surface area contributed by atoms with Crippen molar-refractivity contribution in [2.75, 3.05) is 6.26 Å². The van der Waals surface area contributed by atoms with E-state index in [2.05, 4.69) is 15.0 Å². The van der Waals surface area contributed by atoms with Crippen LogP contribution in [0, 0.1) is 6.92 Å². The lowest BCUT2D eigenvalue weighted by atomic mass is 10.2. The average molecular weight is 319 g/mol. The van der Waals surface area contributed by atoms with Crippen molar-refractivity contribution in [1.82, 2.24) is 19.5 Å². The van der Waals surface area contributed by atoms with E-state index in [9.17, 15) is 4.79 Å². The zero-order valence-electron chi connectivity index (χ0n) is 11.4. The predicted molar refractivity (Wildman–Crippen MR) is 84.5 cm³/mol. The Bertz CT molecular complexity index is 894. The van der Waals surface area contributed by atoms with Gasteiger partial charge in [0.25, 0.3) is 5.56 Å². The first-order chi connectivity index (χ1) is 10.1. The van der Waals surface area contributed by atoms with E-state index in [-0.39, 0.29) is 10.8 Å². The summed E-state index contributed by atoms with van der Waals surface area (Å²) in [4.78, 5) is 25.2. The normalized spacial score (nSPS) is 11.0. The van der Waals surface area contributed by atoms with Gasteiger partial charge in [-0.05, 0) is 36.4 Å². The Morgan fingerprint density at radius 3 is 2.71 bits per heavy atom. The Hall–Kier alpha value is -1.92. The molecule has 0 saturated carbocycles. The fourth-order valence-electron chi connectivity index (χ4n) is 2.06. The van der Waals surface area contributed by atoms with Crippen molar-refractivity contribution in [1.29, 1.82) is 0 Å².